The Morgan fingerprint density at radius 1 is 0.781 bits per heavy atom. The number of nitrogens with two attached hydrogens (primary N) is 2. The number of aliphatic carboxylic acids is 1. The molecular weight excluding hydrogens is 412 g/mol. The summed E-state index contributed by atoms with van der Waals surface area (Å²) in [4.78, 5) is 48.1. The lowest BCUT2D eigenvalue weighted by atomic mass is 10.0. The molecule has 3 unspecified atom stereocenters. The molecule has 0 aliphatic rings. The van der Waals surface area contributed by atoms with Crippen LogP contribution >= 0.6 is 0 Å². The Morgan fingerprint density at radius 2 is 1.28 bits per heavy atom. The Bertz CT molecular complexity index is 920. The van der Waals surface area contributed by atoms with E-state index in [1.165, 1.54) is 0 Å². The van der Waals surface area contributed by atoms with Gasteiger partial charge in [0.2, 0.25) is 17.7 Å². The lowest BCUT2D eigenvalue weighted by Gasteiger charge is -2.23. The number of hydrogen-bond donors (Lipinski definition) is 5. The smallest absolute Gasteiger partial charge is 0.326 e. The second-order valence-electron chi connectivity index (χ2n) is 7.45. The number of carbonyl (C=O) groups excluding carboxylic acids is 3. The van der Waals surface area contributed by atoms with Gasteiger partial charge in [0.1, 0.15) is 12.1 Å². The molecule has 9 heteroatoms. The molecule has 0 spiro atoms. The summed E-state index contributed by atoms with van der Waals surface area (Å²) >= 11 is 0. The lowest BCUT2D eigenvalue weighted by Crippen LogP contribution is -2.55. The minimum absolute atomic E-state index is 0.138. The van der Waals surface area contributed by atoms with E-state index in [2.05, 4.69) is 10.6 Å². The zero-order valence-electron chi connectivity index (χ0n) is 17.6. The normalized spacial score (nSPS) is 13.4. The van der Waals surface area contributed by atoms with Crippen LogP contribution < -0.4 is 22.1 Å². The van der Waals surface area contributed by atoms with E-state index in [0.717, 1.165) is 11.1 Å². The Kier molecular flexibility index (Phi) is 9.37. The maximum Gasteiger partial charge on any atom is 0.326 e. The molecule has 0 aliphatic carbocycles. The van der Waals surface area contributed by atoms with E-state index < -0.39 is 41.8 Å². The number of benzene rings is 2. The van der Waals surface area contributed by atoms with Crippen LogP contribution in [0.4, 0.5) is 0 Å². The van der Waals surface area contributed by atoms with Crippen molar-refractivity contribution in [3.05, 3.63) is 71.8 Å². The molecule has 0 saturated heterocycles. The molecule has 170 valence electrons. The SMILES string of the molecule is NC(=O)CCC(NC(=O)C(Cc1ccccc1)NC(=O)C(N)Cc1ccccc1)C(=O)O. The predicted octanol–water partition coefficient (Wildman–Crippen LogP) is 0.119. The van der Waals surface area contributed by atoms with Crippen molar-refractivity contribution < 1.29 is 24.3 Å². The predicted molar refractivity (Wildman–Crippen MR) is 118 cm³/mol. The first-order chi connectivity index (χ1) is 15.3. The summed E-state index contributed by atoms with van der Waals surface area (Å²) in [6, 6.07) is 14.9. The van der Waals surface area contributed by atoms with E-state index in [0.29, 0.717) is 0 Å². The highest BCUT2D eigenvalue weighted by atomic mass is 16.4. The van der Waals surface area contributed by atoms with Crippen molar-refractivity contribution in [2.24, 2.45) is 11.5 Å². The number of carboxylic acids is 1. The number of rotatable bonds is 12. The third-order valence-corrected chi connectivity index (χ3v) is 4.84. The van der Waals surface area contributed by atoms with Crippen molar-refractivity contribution in [1.82, 2.24) is 10.6 Å². The van der Waals surface area contributed by atoms with Crippen LogP contribution in [0.5, 0.6) is 0 Å². The zero-order valence-corrected chi connectivity index (χ0v) is 17.6. The second-order valence-corrected chi connectivity index (χ2v) is 7.45. The Morgan fingerprint density at radius 3 is 1.78 bits per heavy atom. The van der Waals surface area contributed by atoms with Gasteiger partial charge in [-0.1, -0.05) is 60.7 Å². The van der Waals surface area contributed by atoms with Crippen molar-refractivity contribution in [3.63, 3.8) is 0 Å². The van der Waals surface area contributed by atoms with E-state index in [9.17, 15) is 24.3 Å². The van der Waals surface area contributed by atoms with Crippen molar-refractivity contribution in [3.8, 4) is 0 Å². The molecule has 0 aliphatic heterocycles. The fraction of sp³-hybridized carbons (Fsp3) is 0.304. The summed E-state index contributed by atoms with van der Waals surface area (Å²) in [6.07, 6.45) is 0.0617. The van der Waals surface area contributed by atoms with Crippen molar-refractivity contribution in [2.75, 3.05) is 0 Å². The van der Waals surface area contributed by atoms with Crippen LogP contribution in [0.25, 0.3) is 0 Å². The Hall–Kier alpha value is -3.72. The van der Waals surface area contributed by atoms with Crippen LogP contribution in [0.2, 0.25) is 0 Å². The maximum absolute atomic E-state index is 12.9. The number of amides is 3. The minimum Gasteiger partial charge on any atom is -0.480 e. The fourth-order valence-corrected chi connectivity index (χ4v) is 3.11. The maximum atomic E-state index is 12.9. The summed E-state index contributed by atoms with van der Waals surface area (Å²) in [7, 11) is 0. The molecule has 0 aromatic heterocycles. The van der Waals surface area contributed by atoms with Crippen molar-refractivity contribution in [1.29, 1.82) is 0 Å². The van der Waals surface area contributed by atoms with Gasteiger partial charge in [0.15, 0.2) is 0 Å². The van der Waals surface area contributed by atoms with Gasteiger partial charge in [-0.25, -0.2) is 4.79 Å². The standard InChI is InChI=1S/C23H28N4O5/c24-17(13-15-7-3-1-4-8-15)21(29)27-19(14-16-9-5-2-6-10-16)22(30)26-18(23(31)32)11-12-20(25)28/h1-10,17-19H,11-14,24H2,(H2,25,28)(H,26,30)(H,27,29)(H,31,32). The quantitative estimate of drug-likeness (QED) is 0.314. The highest BCUT2D eigenvalue weighted by Gasteiger charge is 2.28. The molecular formula is C23H28N4O5. The highest BCUT2D eigenvalue weighted by Crippen LogP contribution is 2.07. The molecule has 2 rings (SSSR count). The summed E-state index contributed by atoms with van der Waals surface area (Å²) in [6.45, 7) is 0. The van der Waals surface area contributed by atoms with Crippen LogP contribution in [0, 0.1) is 0 Å². The largest absolute Gasteiger partial charge is 0.480 e. The summed E-state index contributed by atoms with van der Waals surface area (Å²) in [5.74, 6) is -3.20. The third kappa shape index (κ3) is 8.19. The lowest BCUT2D eigenvalue weighted by molar-refractivity contribution is -0.142. The molecule has 9 nitrogen and oxygen atoms in total. The molecule has 2 aromatic carbocycles. The number of hydrogen-bond acceptors (Lipinski definition) is 5. The Balaban J connectivity index is 2.11. The first-order valence-corrected chi connectivity index (χ1v) is 10.2. The summed E-state index contributed by atoms with van der Waals surface area (Å²) < 4.78 is 0. The molecule has 3 amide bonds. The molecule has 2 aromatic rings. The molecule has 0 bridgehead atoms. The van der Waals surface area contributed by atoms with Gasteiger partial charge in [0.05, 0.1) is 6.04 Å². The highest BCUT2D eigenvalue weighted by molar-refractivity contribution is 5.92. The van der Waals surface area contributed by atoms with E-state index >= 15 is 0 Å². The minimum atomic E-state index is -1.32. The van der Waals surface area contributed by atoms with Crippen molar-refractivity contribution >= 4 is 23.7 Å². The van der Waals surface area contributed by atoms with E-state index in [1.807, 2.05) is 36.4 Å². The van der Waals surface area contributed by atoms with Gasteiger partial charge < -0.3 is 27.2 Å². The van der Waals surface area contributed by atoms with Gasteiger partial charge in [-0.3, -0.25) is 14.4 Å². The molecule has 0 fully saturated rings. The van der Waals surface area contributed by atoms with Crippen LogP contribution in [0.1, 0.15) is 24.0 Å². The van der Waals surface area contributed by atoms with Gasteiger partial charge in [-0.2, -0.15) is 0 Å². The number of nitrogens with one attached hydrogen (secondary N) is 2. The van der Waals surface area contributed by atoms with Gasteiger partial charge in [0, 0.05) is 12.8 Å². The van der Waals surface area contributed by atoms with Crippen LogP contribution in [0.3, 0.4) is 0 Å². The topological polar surface area (TPSA) is 165 Å². The summed E-state index contributed by atoms with van der Waals surface area (Å²) in [5.41, 5.74) is 12.8. The molecule has 7 N–H and O–H groups in total. The van der Waals surface area contributed by atoms with Gasteiger partial charge in [0.25, 0.3) is 0 Å². The van der Waals surface area contributed by atoms with Gasteiger partial charge >= 0.3 is 5.97 Å². The third-order valence-electron chi connectivity index (χ3n) is 4.84. The first kappa shape index (κ1) is 24.5. The summed E-state index contributed by atoms with van der Waals surface area (Å²) in [5, 5.41) is 14.4. The number of carbonyl (C=O) groups is 4. The van der Waals surface area contributed by atoms with Crippen LogP contribution in [0.15, 0.2) is 60.7 Å². The first-order valence-electron chi connectivity index (χ1n) is 10.2. The van der Waals surface area contributed by atoms with Gasteiger partial charge in [-0.15, -0.1) is 0 Å². The average Bonchev–Trinajstić information content (AvgIpc) is 2.77. The van der Waals surface area contributed by atoms with Crippen LogP contribution in [-0.4, -0.2) is 46.9 Å². The van der Waals surface area contributed by atoms with E-state index in [-0.39, 0.29) is 25.7 Å². The zero-order chi connectivity index (χ0) is 23.5. The van der Waals surface area contributed by atoms with Crippen LogP contribution in [-0.2, 0) is 32.0 Å². The second kappa shape index (κ2) is 12.2. The molecule has 0 radical (unpaired) electrons. The number of carboxylic acid groups (broad SMARTS) is 1. The monoisotopic (exact) mass is 440 g/mol. The molecule has 3 atom stereocenters. The van der Waals surface area contributed by atoms with E-state index in [1.54, 1.807) is 24.3 Å². The molecule has 32 heavy (non-hydrogen) atoms. The van der Waals surface area contributed by atoms with Crippen molar-refractivity contribution in [2.45, 2.75) is 43.8 Å². The number of primary amides is 1. The fourth-order valence-electron chi connectivity index (χ4n) is 3.11. The van der Waals surface area contributed by atoms with E-state index in [4.69, 9.17) is 11.5 Å². The van der Waals surface area contributed by atoms with Gasteiger partial charge in [-0.05, 0) is 24.0 Å². The molecule has 0 saturated carbocycles. The molecule has 0 heterocycles. The Labute approximate surface area is 186 Å². The average molecular weight is 441 g/mol.